The van der Waals surface area contributed by atoms with E-state index >= 15 is 0 Å². The zero-order valence-electron chi connectivity index (χ0n) is 13.3. The molecule has 0 radical (unpaired) electrons. The van der Waals surface area contributed by atoms with Gasteiger partial charge in [-0.05, 0) is 49.9 Å². The van der Waals surface area contributed by atoms with Gasteiger partial charge >= 0.3 is 6.09 Å². The Morgan fingerprint density at radius 2 is 2.00 bits per heavy atom. The molecule has 1 aliphatic heterocycles. The van der Waals surface area contributed by atoms with Crippen molar-refractivity contribution in [2.45, 2.75) is 32.2 Å². The molecule has 2 aromatic rings. The van der Waals surface area contributed by atoms with E-state index in [2.05, 4.69) is 28.8 Å². The van der Waals surface area contributed by atoms with Crippen LogP contribution in [0, 0.1) is 6.92 Å². The van der Waals surface area contributed by atoms with Gasteiger partial charge in [-0.15, -0.1) is 0 Å². The summed E-state index contributed by atoms with van der Waals surface area (Å²) in [5.41, 5.74) is 3.65. The number of nitrogens with one attached hydrogen (secondary N) is 2. The van der Waals surface area contributed by atoms with Crippen LogP contribution in [0.2, 0.25) is 0 Å². The van der Waals surface area contributed by atoms with Crippen molar-refractivity contribution in [1.82, 2.24) is 5.32 Å². The van der Waals surface area contributed by atoms with Crippen molar-refractivity contribution in [2.75, 3.05) is 11.9 Å². The van der Waals surface area contributed by atoms with Gasteiger partial charge in [0.05, 0.1) is 0 Å². The minimum atomic E-state index is -0.409. The van der Waals surface area contributed by atoms with Crippen LogP contribution in [0.15, 0.2) is 48.5 Å². The Morgan fingerprint density at radius 3 is 2.83 bits per heavy atom. The van der Waals surface area contributed by atoms with E-state index in [9.17, 15) is 4.79 Å². The van der Waals surface area contributed by atoms with Crippen LogP contribution in [0.4, 0.5) is 10.5 Å². The number of amides is 1. The molecule has 1 unspecified atom stereocenters. The minimum absolute atomic E-state index is 0.226. The van der Waals surface area contributed by atoms with Crippen molar-refractivity contribution < 1.29 is 9.53 Å². The first-order valence-electron chi connectivity index (χ1n) is 8.07. The molecular weight excluding hydrogens is 288 g/mol. The summed E-state index contributed by atoms with van der Waals surface area (Å²) < 4.78 is 5.28. The number of benzene rings is 2. The summed E-state index contributed by atoms with van der Waals surface area (Å²) in [7, 11) is 0. The van der Waals surface area contributed by atoms with E-state index in [0.717, 1.165) is 24.8 Å². The van der Waals surface area contributed by atoms with E-state index < -0.39 is 6.09 Å². The fourth-order valence-corrected chi connectivity index (χ4v) is 2.82. The summed E-state index contributed by atoms with van der Waals surface area (Å²) in [6, 6.07) is 16.0. The predicted molar refractivity (Wildman–Crippen MR) is 92.0 cm³/mol. The highest BCUT2D eigenvalue weighted by Gasteiger charge is 2.16. The Kier molecular flexibility index (Phi) is 4.81. The molecule has 0 spiro atoms. The quantitative estimate of drug-likeness (QED) is 0.904. The van der Waals surface area contributed by atoms with Crippen molar-refractivity contribution in [3.05, 3.63) is 59.7 Å². The fraction of sp³-hybridized carbons (Fsp3) is 0.316. The van der Waals surface area contributed by atoms with Gasteiger partial charge in [0.1, 0.15) is 5.75 Å². The summed E-state index contributed by atoms with van der Waals surface area (Å²) in [5.74, 6) is 0.562. The molecule has 2 N–H and O–H groups in total. The second-order valence-electron chi connectivity index (χ2n) is 5.97. The highest BCUT2D eigenvalue weighted by atomic mass is 16.6. The van der Waals surface area contributed by atoms with Crippen molar-refractivity contribution in [2.24, 2.45) is 0 Å². The molecule has 1 amide bonds. The Morgan fingerprint density at radius 1 is 1.22 bits per heavy atom. The highest BCUT2D eigenvalue weighted by molar-refractivity contribution is 5.70. The molecule has 1 aliphatic rings. The number of carbonyl (C=O) groups excluding carboxylic acids is 1. The SMILES string of the molecule is Cc1ccc(OC(=O)NCC2CCCc3ccccc3N2)cc1. The third-order valence-corrected chi connectivity index (χ3v) is 4.10. The van der Waals surface area contributed by atoms with E-state index in [-0.39, 0.29) is 6.04 Å². The van der Waals surface area contributed by atoms with Crippen molar-refractivity contribution >= 4 is 11.8 Å². The molecule has 2 aromatic carbocycles. The summed E-state index contributed by atoms with van der Waals surface area (Å²) in [6.45, 7) is 2.55. The second-order valence-corrected chi connectivity index (χ2v) is 5.97. The average Bonchev–Trinajstić information content (AvgIpc) is 2.77. The van der Waals surface area contributed by atoms with Gasteiger partial charge in [0, 0.05) is 18.3 Å². The van der Waals surface area contributed by atoms with Gasteiger partial charge in [0.15, 0.2) is 0 Å². The Balaban J connectivity index is 1.52. The molecule has 4 heteroatoms. The van der Waals surface area contributed by atoms with E-state index in [1.165, 1.54) is 11.3 Å². The lowest BCUT2D eigenvalue weighted by molar-refractivity contribution is 0.200. The number of hydrogen-bond donors (Lipinski definition) is 2. The van der Waals surface area contributed by atoms with E-state index in [4.69, 9.17) is 4.74 Å². The molecule has 120 valence electrons. The van der Waals surface area contributed by atoms with Crippen LogP contribution < -0.4 is 15.4 Å². The molecule has 0 bridgehead atoms. The Hall–Kier alpha value is -2.49. The van der Waals surface area contributed by atoms with Crippen molar-refractivity contribution in [1.29, 1.82) is 0 Å². The molecule has 0 aliphatic carbocycles. The molecule has 23 heavy (non-hydrogen) atoms. The highest BCUT2D eigenvalue weighted by Crippen LogP contribution is 2.23. The first kappa shape index (κ1) is 15.4. The standard InChI is InChI=1S/C19H22N2O2/c1-14-9-11-17(12-10-14)23-19(22)20-13-16-7-4-6-15-5-2-3-8-18(15)21-16/h2-3,5,8-12,16,21H,4,6-7,13H2,1H3,(H,20,22). The maximum Gasteiger partial charge on any atom is 0.412 e. The van der Waals surface area contributed by atoms with Crippen LogP contribution in [-0.2, 0) is 6.42 Å². The van der Waals surface area contributed by atoms with Crippen LogP contribution in [0.3, 0.4) is 0 Å². The maximum absolute atomic E-state index is 11.9. The van der Waals surface area contributed by atoms with Crippen LogP contribution in [0.5, 0.6) is 5.75 Å². The Labute approximate surface area is 136 Å². The van der Waals surface area contributed by atoms with Gasteiger partial charge in [-0.2, -0.15) is 0 Å². The summed E-state index contributed by atoms with van der Waals surface area (Å²) in [4.78, 5) is 11.9. The first-order valence-corrected chi connectivity index (χ1v) is 8.07. The third kappa shape index (κ3) is 4.25. The molecule has 0 fully saturated rings. The van der Waals surface area contributed by atoms with Crippen LogP contribution >= 0.6 is 0 Å². The molecule has 0 aromatic heterocycles. The number of hydrogen-bond acceptors (Lipinski definition) is 3. The van der Waals surface area contributed by atoms with Gasteiger partial charge in [-0.25, -0.2) is 4.79 Å². The second kappa shape index (κ2) is 7.18. The maximum atomic E-state index is 11.9. The largest absolute Gasteiger partial charge is 0.412 e. The molecule has 0 saturated heterocycles. The summed E-state index contributed by atoms with van der Waals surface area (Å²) in [6.07, 6.45) is 2.81. The van der Waals surface area contributed by atoms with Gasteiger partial charge in [0.25, 0.3) is 0 Å². The smallest absolute Gasteiger partial charge is 0.410 e. The summed E-state index contributed by atoms with van der Waals surface area (Å²) in [5, 5.41) is 6.37. The zero-order valence-corrected chi connectivity index (χ0v) is 13.3. The van der Waals surface area contributed by atoms with Crippen LogP contribution in [-0.4, -0.2) is 18.7 Å². The fourth-order valence-electron chi connectivity index (χ4n) is 2.82. The van der Waals surface area contributed by atoms with E-state index in [1.807, 2.05) is 25.1 Å². The average molecular weight is 310 g/mol. The van der Waals surface area contributed by atoms with E-state index in [1.54, 1.807) is 12.1 Å². The number of aryl methyl sites for hydroxylation is 2. The predicted octanol–water partition coefficient (Wildman–Crippen LogP) is 3.90. The number of para-hydroxylation sites is 1. The van der Waals surface area contributed by atoms with Gasteiger partial charge in [0.2, 0.25) is 0 Å². The lowest BCUT2D eigenvalue weighted by Crippen LogP contribution is -2.37. The van der Waals surface area contributed by atoms with Crippen LogP contribution in [0.25, 0.3) is 0 Å². The number of anilines is 1. The molecule has 3 rings (SSSR count). The zero-order chi connectivity index (χ0) is 16.1. The lowest BCUT2D eigenvalue weighted by atomic mass is 10.1. The molecule has 1 heterocycles. The number of rotatable bonds is 3. The topological polar surface area (TPSA) is 50.4 Å². The normalized spacial score (nSPS) is 16.7. The molecule has 1 atom stereocenters. The van der Waals surface area contributed by atoms with E-state index in [0.29, 0.717) is 12.3 Å². The number of ether oxygens (including phenoxy) is 1. The van der Waals surface area contributed by atoms with Gasteiger partial charge in [-0.3, -0.25) is 0 Å². The Bertz CT molecular complexity index is 667. The number of fused-ring (bicyclic) bond motifs is 1. The minimum Gasteiger partial charge on any atom is -0.410 e. The lowest BCUT2D eigenvalue weighted by Gasteiger charge is -2.18. The van der Waals surface area contributed by atoms with Gasteiger partial charge < -0.3 is 15.4 Å². The van der Waals surface area contributed by atoms with Crippen molar-refractivity contribution in [3.8, 4) is 5.75 Å². The molecule has 0 saturated carbocycles. The molecular formula is C19H22N2O2. The summed E-state index contributed by atoms with van der Waals surface area (Å²) >= 11 is 0. The van der Waals surface area contributed by atoms with Crippen LogP contribution in [0.1, 0.15) is 24.0 Å². The molecule has 4 nitrogen and oxygen atoms in total. The monoisotopic (exact) mass is 310 g/mol. The van der Waals surface area contributed by atoms with Gasteiger partial charge in [-0.1, -0.05) is 35.9 Å². The van der Waals surface area contributed by atoms with Crippen molar-refractivity contribution in [3.63, 3.8) is 0 Å². The third-order valence-electron chi connectivity index (χ3n) is 4.10. The number of carbonyl (C=O) groups is 1. The first-order chi connectivity index (χ1) is 11.2.